The van der Waals surface area contributed by atoms with Gasteiger partial charge in [0, 0.05) is 48.5 Å². The molecule has 1 rings (SSSR count). The number of imide groups is 1. The van der Waals surface area contributed by atoms with Gasteiger partial charge in [0.1, 0.15) is 5.78 Å². The van der Waals surface area contributed by atoms with Gasteiger partial charge in [0.05, 0.1) is 12.2 Å². The molecule has 0 aromatic heterocycles. The first-order chi connectivity index (χ1) is 15.8. The molecule has 1 saturated heterocycles. The molecule has 1 atom stereocenters. The van der Waals surface area contributed by atoms with Gasteiger partial charge in [0.2, 0.25) is 17.7 Å². The van der Waals surface area contributed by atoms with Gasteiger partial charge in [-0.25, -0.2) is 0 Å². The van der Waals surface area contributed by atoms with E-state index in [1.165, 1.54) is 4.90 Å². The Morgan fingerprint density at radius 3 is 2.09 bits per heavy atom. The summed E-state index contributed by atoms with van der Waals surface area (Å²) in [6.07, 6.45) is 2.19. The van der Waals surface area contributed by atoms with E-state index in [4.69, 9.17) is 9.47 Å². The van der Waals surface area contributed by atoms with Crippen LogP contribution < -0.4 is 5.32 Å². The van der Waals surface area contributed by atoms with E-state index >= 15 is 0 Å². The number of ether oxygens (including phenoxy) is 2. The molecule has 8 nitrogen and oxygen atoms in total. The molecular weight excluding hydrogens is 448 g/mol. The summed E-state index contributed by atoms with van der Waals surface area (Å²) in [5.74, 6) is -0.628. The van der Waals surface area contributed by atoms with E-state index in [0.29, 0.717) is 39.1 Å². The van der Waals surface area contributed by atoms with Gasteiger partial charge in [-0.15, -0.1) is 0 Å². The van der Waals surface area contributed by atoms with Crippen LogP contribution in [0.4, 0.5) is 0 Å². The zero-order valence-electron chi connectivity index (χ0n) is 23.6. The van der Waals surface area contributed by atoms with Gasteiger partial charge in [-0.05, 0) is 67.7 Å². The van der Waals surface area contributed by atoms with Crippen molar-refractivity contribution in [3.63, 3.8) is 0 Å². The van der Waals surface area contributed by atoms with Gasteiger partial charge >= 0.3 is 0 Å². The van der Waals surface area contributed by atoms with Crippen molar-refractivity contribution in [3.05, 3.63) is 0 Å². The fraction of sp³-hybridized carbons (Fsp3) is 0.852. The summed E-state index contributed by atoms with van der Waals surface area (Å²) < 4.78 is 11.8. The van der Waals surface area contributed by atoms with Crippen LogP contribution in [0.5, 0.6) is 0 Å². The van der Waals surface area contributed by atoms with E-state index in [1.807, 2.05) is 55.4 Å². The molecule has 202 valence electrons. The Balaban J connectivity index is 2.41. The third-order valence-electron chi connectivity index (χ3n) is 6.90. The molecule has 1 aliphatic heterocycles. The summed E-state index contributed by atoms with van der Waals surface area (Å²) in [6.45, 7) is 20.0. The number of rotatable bonds is 15. The summed E-state index contributed by atoms with van der Waals surface area (Å²) in [7, 11) is 0. The number of nitrogens with one attached hydrogen (secondary N) is 1. The van der Waals surface area contributed by atoms with Gasteiger partial charge in [0.15, 0.2) is 0 Å². The van der Waals surface area contributed by atoms with E-state index < -0.39 is 22.1 Å². The van der Waals surface area contributed by atoms with Gasteiger partial charge in [0.25, 0.3) is 0 Å². The number of ketones is 1. The normalized spacial score (nSPS) is 17.8. The first kappa shape index (κ1) is 31.2. The molecule has 1 heterocycles. The average molecular weight is 497 g/mol. The van der Waals surface area contributed by atoms with Crippen LogP contribution in [0.3, 0.4) is 0 Å². The molecule has 1 N–H and O–H groups in total. The maximum atomic E-state index is 12.6. The van der Waals surface area contributed by atoms with E-state index in [2.05, 4.69) is 5.32 Å². The van der Waals surface area contributed by atoms with E-state index in [1.54, 1.807) is 13.8 Å². The Morgan fingerprint density at radius 1 is 0.971 bits per heavy atom. The number of hydrogen-bond acceptors (Lipinski definition) is 6. The predicted molar refractivity (Wildman–Crippen MR) is 136 cm³/mol. The number of nitrogens with zero attached hydrogens (tertiary/aromatic N) is 1. The number of likely N-dealkylation sites (tertiary alicyclic amines) is 1. The van der Waals surface area contributed by atoms with Crippen LogP contribution in [0.15, 0.2) is 0 Å². The van der Waals surface area contributed by atoms with Crippen molar-refractivity contribution in [3.8, 4) is 0 Å². The Kier molecular flexibility index (Phi) is 10.7. The zero-order chi connectivity index (χ0) is 27.2. The van der Waals surface area contributed by atoms with Gasteiger partial charge < -0.3 is 14.8 Å². The Bertz CT molecular complexity index is 785. The molecule has 8 heteroatoms. The van der Waals surface area contributed by atoms with Crippen molar-refractivity contribution in [1.29, 1.82) is 0 Å². The molecule has 0 radical (unpaired) electrons. The molecule has 0 aromatic rings. The fourth-order valence-electron chi connectivity index (χ4n) is 3.85. The minimum Gasteiger partial charge on any atom is -0.380 e. The van der Waals surface area contributed by atoms with Crippen LogP contribution in [0, 0.1) is 11.3 Å². The molecular formula is C27H48N2O6. The SMILES string of the molecule is CC(=O)C(C)(C)COCCC(C)(C)OCCC(C)(C)NC(=O)CCC(C)(C)N1C(=O)CC(C)C1=O. The quantitative estimate of drug-likeness (QED) is 0.271. The average Bonchev–Trinajstić information content (AvgIpc) is 2.95. The highest BCUT2D eigenvalue weighted by Gasteiger charge is 2.44. The highest BCUT2D eigenvalue weighted by molar-refractivity contribution is 6.04. The van der Waals surface area contributed by atoms with Gasteiger partial charge in [-0.1, -0.05) is 20.8 Å². The molecule has 3 amide bonds. The number of hydrogen-bond donors (Lipinski definition) is 1. The maximum absolute atomic E-state index is 12.6. The van der Waals surface area contributed by atoms with E-state index in [0.717, 1.165) is 0 Å². The van der Waals surface area contributed by atoms with Crippen molar-refractivity contribution < 1.29 is 28.7 Å². The number of amides is 3. The largest absolute Gasteiger partial charge is 0.380 e. The van der Waals surface area contributed by atoms with Crippen LogP contribution in [0.1, 0.15) is 101 Å². The van der Waals surface area contributed by atoms with Crippen molar-refractivity contribution in [2.45, 2.75) is 118 Å². The predicted octanol–water partition coefficient (Wildman–Crippen LogP) is 4.04. The van der Waals surface area contributed by atoms with Crippen molar-refractivity contribution in [2.24, 2.45) is 11.3 Å². The number of carbonyl (C=O) groups is 4. The smallest absolute Gasteiger partial charge is 0.233 e. The molecule has 1 aliphatic rings. The topological polar surface area (TPSA) is 102 Å². The van der Waals surface area contributed by atoms with Crippen LogP contribution >= 0.6 is 0 Å². The van der Waals surface area contributed by atoms with Crippen molar-refractivity contribution >= 4 is 23.5 Å². The second-order valence-electron chi connectivity index (χ2n) is 12.5. The van der Waals surface area contributed by atoms with Crippen LogP contribution in [-0.4, -0.2) is 64.9 Å². The Labute approximate surface area is 211 Å². The first-order valence-corrected chi connectivity index (χ1v) is 12.7. The second kappa shape index (κ2) is 12.0. The van der Waals surface area contributed by atoms with E-state index in [9.17, 15) is 19.2 Å². The summed E-state index contributed by atoms with van der Waals surface area (Å²) >= 11 is 0. The van der Waals surface area contributed by atoms with Crippen LogP contribution in [-0.2, 0) is 28.7 Å². The molecule has 0 spiro atoms. The number of Topliss-reactive ketones (excluding diaryl/α,β-unsaturated/α-hetero) is 1. The third kappa shape index (κ3) is 10.00. The molecule has 0 aromatic carbocycles. The minimum absolute atomic E-state index is 0.105. The van der Waals surface area contributed by atoms with E-state index in [-0.39, 0.29) is 42.3 Å². The van der Waals surface area contributed by atoms with Gasteiger partial charge in [-0.2, -0.15) is 0 Å². The second-order valence-corrected chi connectivity index (χ2v) is 12.5. The molecule has 0 saturated carbocycles. The molecule has 0 aliphatic carbocycles. The molecule has 1 unspecified atom stereocenters. The van der Waals surface area contributed by atoms with Gasteiger partial charge in [-0.3, -0.25) is 24.1 Å². The summed E-state index contributed by atoms with van der Waals surface area (Å²) in [5.41, 5.74) is -2.04. The fourth-order valence-corrected chi connectivity index (χ4v) is 3.85. The number of carbonyl (C=O) groups excluding carboxylic acids is 4. The summed E-state index contributed by atoms with van der Waals surface area (Å²) in [6, 6.07) is 0. The first-order valence-electron chi connectivity index (χ1n) is 12.7. The lowest BCUT2D eigenvalue weighted by Gasteiger charge is -2.35. The Morgan fingerprint density at radius 2 is 1.57 bits per heavy atom. The third-order valence-corrected chi connectivity index (χ3v) is 6.90. The standard InChI is InChI=1S/C27H48N2O6/c1-19-17-22(32)29(23(19)33)26(7,8)12-11-21(31)28-25(5,6)13-16-35-27(9,10)14-15-34-18-24(3,4)20(2)30/h19H,11-18H2,1-10H3,(H,28,31). The lowest BCUT2D eigenvalue weighted by molar-refractivity contribution is -0.146. The lowest BCUT2D eigenvalue weighted by atomic mass is 9.90. The van der Waals surface area contributed by atoms with Crippen molar-refractivity contribution in [2.75, 3.05) is 19.8 Å². The lowest BCUT2D eigenvalue weighted by Crippen LogP contribution is -2.49. The molecule has 0 bridgehead atoms. The Hall–Kier alpha value is -1.80. The van der Waals surface area contributed by atoms with Crippen LogP contribution in [0.25, 0.3) is 0 Å². The zero-order valence-corrected chi connectivity index (χ0v) is 23.6. The van der Waals surface area contributed by atoms with Crippen molar-refractivity contribution in [1.82, 2.24) is 10.2 Å². The van der Waals surface area contributed by atoms with Crippen LogP contribution in [0.2, 0.25) is 0 Å². The highest BCUT2D eigenvalue weighted by atomic mass is 16.5. The summed E-state index contributed by atoms with van der Waals surface area (Å²) in [4.78, 5) is 50.1. The highest BCUT2D eigenvalue weighted by Crippen LogP contribution is 2.30. The monoisotopic (exact) mass is 496 g/mol. The maximum Gasteiger partial charge on any atom is 0.233 e. The molecule has 1 fully saturated rings. The minimum atomic E-state index is -0.699. The summed E-state index contributed by atoms with van der Waals surface area (Å²) in [5, 5.41) is 3.05. The molecule has 35 heavy (non-hydrogen) atoms.